The molecule has 2 heterocycles. The molecule has 0 aliphatic carbocycles. The topological polar surface area (TPSA) is 93.5 Å². The third-order valence-corrected chi connectivity index (χ3v) is 4.20. The fourth-order valence-electron chi connectivity index (χ4n) is 2.82. The number of aromatic nitrogens is 2. The number of nitrogens with zero attached hydrogens (tertiary/aromatic N) is 2. The number of amides is 1. The summed E-state index contributed by atoms with van der Waals surface area (Å²) < 4.78 is 6.84. The number of hydrogen-bond donors (Lipinski definition) is 2. The minimum absolute atomic E-state index is 0.0183. The van der Waals surface area contributed by atoms with Gasteiger partial charge >= 0.3 is 5.97 Å². The molecule has 1 aliphatic heterocycles. The smallest absolute Gasteiger partial charge is 0.356 e. The van der Waals surface area contributed by atoms with Gasteiger partial charge in [-0.3, -0.25) is 9.48 Å². The highest BCUT2D eigenvalue weighted by molar-refractivity contribution is 6.30. The van der Waals surface area contributed by atoms with Crippen LogP contribution in [0.3, 0.4) is 0 Å². The van der Waals surface area contributed by atoms with Gasteiger partial charge in [0.05, 0.1) is 24.4 Å². The molecule has 7 nitrogen and oxygen atoms in total. The minimum atomic E-state index is -1.08. The minimum Gasteiger partial charge on any atom is -0.496 e. The molecule has 0 saturated carbocycles. The third kappa shape index (κ3) is 3.07. The summed E-state index contributed by atoms with van der Waals surface area (Å²) in [5.74, 6) is -1.00. The molecule has 1 unspecified atom stereocenters. The number of carbonyl (C=O) groups excluding carboxylic acids is 1. The van der Waals surface area contributed by atoms with Crippen LogP contribution in [0.2, 0.25) is 5.02 Å². The van der Waals surface area contributed by atoms with Gasteiger partial charge in [0.15, 0.2) is 5.69 Å². The fraction of sp³-hybridized carbons (Fsp3) is 0.312. The second-order valence-electron chi connectivity index (χ2n) is 5.50. The zero-order valence-corrected chi connectivity index (χ0v) is 13.7. The maximum absolute atomic E-state index is 12.6. The van der Waals surface area contributed by atoms with Crippen molar-refractivity contribution < 1.29 is 19.4 Å². The van der Waals surface area contributed by atoms with E-state index >= 15 is 0 Å². The lowest BCUT2D eigenvalue weighted by atomic mass is 10.0. The van der Waals surface area contributed by atoms with Crippen LogP contribution in [-0.4, -0.2) is 33.9 Å². The highest BCUT2D eigenvalue weighted by Crippen LogP contribution is 2.28. The van der Waals surface area contributed by atoms with Crippen molar-refractivity contribution in [2.45, 2.75) is 25.4 Å². The Bertz CT molecular complexity index is 803. The Morgan fingerprint density at radius 1 is 1.42 bits per heavy atom. The van der Waals surface area contributed by atoms with Crippen molar-refractivity contribution in [1.29, 1.82) is 0 Å². The highest BCUT2D eigenvalue weighted by atomic mass is 35.5. The number of hydrogen-bond acceptors (Lipinski definition) is 4. The van der Waals surface area contributed by atoms with Crippen LogP contribution in [0, 0.1) is 0 Å². The predicted molar refractivity (Wildman–Crippen MR) is 86.6 cm³/mol. The molecule has 8 heteroatoms. The van der Waals surface area contributed by atoms with Gasteiger partial charge in [-0.2, -0.15) is 5.10 Å². The molecule has 1 aliphatic rings. The lowest BCUT2D eigenvalue weighted by Gasteiger charge is -2.24. The normalized spacial score (nSPS) is 16.3. The first-order valence-corrected chi connectivity index (χ1v) is 7.83. The van der Waals surface area contributed by atoms with Gasteiger partial charge in [-0.25, -0.2) is 4.79 Å². The summed E-state index contributed by atoms with van der Waals surface area (Å²) in [4.78, 5) is 23.7. The molecule has 0 saturated heterocycles. The van der Waals surface area contributed by atoms with Gasteiger partial charge in [-0.05, 0) is 37.1 Å². The predicted octanol–water partition coefficient (Wildman–Crippen LogP) is 2.51. The monoisotopic (exact) mass is 349 g/mol. The molecular formula is C16H16ClN3O4. The average molecular weight is 350 g/mol. The molecule has 2 N–H and O–H groups in total. The summed E-state index contributed by atoms with van der Waals surface area (Å²) in [5.41, 5.74) is 1.05. The number of fused-ring (bicyclic) bond motifs is 1. The van der Waals surface area contributed by atoms with E-state index in [0.717, 1.165) is 6.42 Å². The van der Waals surface area contributed by atoms with Crippen LogP contribution in [0.25, 0.3) is 0 Å². The molecule has 24 heavy (non-hydrogen) atoms. The maximum atomic E-state index is 12.6. The van der Waals surface area contributed by atoms with Gasteiger partial charge in [-0.1, -0.05) is 11.6 Å². The number of methoxy groups -OCH3 is 1. The van der Waals surface area contributed by atoms with E-state index in [4.69, 9.17) is 21.4 Å². The lowest BCUT2D eigenvalue weighted by Crippen LogP contribution is -2.32. The van der Waals surface area contributed by atoms with Crippen LogP contribution in [0.1, 0.15) is 45.4 Å². The SMILES string of the molecule is COc1cc(Cl)ccc1C(=O)NC1CCCn2nc(C(=O)O)cc21. The van der Waals surface area contributed by atoms with Gasteiger partial charge in [-0.15, -0.1) is 0 Å². The molecule has 1 aromatic heterocycles. The molecule has 3 rings (SSSR count). The Balaban J connectivity index is 1.85. The van der Waals surface area contributed by atoms with Crippen LogP contribution in [0.5, 0.6) is 5.75 Å². The largest absolute Gasteiger partial charge is 0.496 e. The first kappa shape index (κ1) is 16.3. The molecule has 0 fully saturated rings. The third-order valence-electron chi connectivity index (χ3n) is 3.96. The summed E-state index contributed by atoms with van der Waals surface area (Å²) in [6, 6.07) is 5.99. The van der Waals surface area contributed by atoms with Gasteiger partial charge < -0.3 is 15.2 Å². The van der Waals surface area contributed by atoms with Crippen LogP contribution >= 0.6 is 11.6 Å². The Hall–Kier alpha value is -2.54. The standard InChI is InChI=1S/C16H16ClN3O4/c1-24-14-7-9(17)4-5-10(14)15(21)18-11-3-2-6-20-13(11)8-12(19-20)16(22)23/h4-5,7-8,11H,2-3,6H2,1H3,(H,18,21)(H,22,23). The number of carboxylic acids is 1. The zero-order valence-electron chi connectivity index (χ0n) is 13.0. The molecule has 1 aromatic carbocycles. The fourth-order valence-corrected chi connectivity index (χ4v) is 2.99. The van der Waals surface area contributed by atoms with Crippen molar-refractivity contribution >= 4 is 23.5 Å². The molecular weight excluding hydrogens is 334 g/mol. The molecule has 126 valence electrons. The summed E-state index contributed by atoms with van der Waals surface area (Å²) in [5, 5.41) is 16.5. The first-order valence-electron chi connectivity index (χ1n) is 7.45. The Morgan fingerprint density at radius 2 is 2.21 bits per heavy atom. The van der Waals surface area contributed by atoms with Crippen molar-refractivity contribution in [3.63, 3.8) is 0 Å². The first-order chi connectivity index (χ1) is 11.5. The van der Waals surface area contributed by atoms with Crippen molar-refractivity contribution in [3.05, 3.63) is 46.2 Å². The van der Waals surface area contributed by atoms with E-state index in [2.05, 4.69) is 10.4 Å². The van der Waals surface area contributed by atoms with E-state index in [1.54, 1.807) is 22.9 Å². The van der Waals surface area contributed by atoms with Crippen molar-refractivity contribution in [3.8, 4) is 5.75 Å². The number of aryl methyl sites for hydroxylation is 1. The number of nitrogens with one attached hydrogen (secondary N) is 1. The summed E-state index contributed by atoms with van der Waals surface area (Å²) >= 11 is 5.91. The molecule has 1 atom stereocenters. The second-order valence-corrected chi connectivity index (χ2v) is 5.93. The zero-order chi connectivity index (χ0) is 17.3. The van der Waals surface area contributed by atoms with Crippen molar-refractivity contribution in [2.75, 3.05) is 7.11 Å². The molecule has 2 aromatic rings. The highest BCUT2D eigenvalue weighted by Gasteiger charge is 2.26. The van der Waals surface area contributed by atoms with E-state index in [1.165, 1.54) is 13.2 Å². The lowest BCUT2D eigenvalue weighted by molar-refractivity contribution is 0.0689. The van der Waals surface area contributed by atoms with Crippen molar-refractivity contribution in [2.24, 2.45) is 0 Å². The van der Waals surface area contributed by atoms with Gasteiger partial charge in [0, 0.05) is 11.6 Å². The number of halogens is 1. The van der Waals surface area contributed by atoms with E-state index < -0.39 is 5.97 Å². The van der Waals surface area contributed by atoms with E-state index in [0.29, 0.717) is 35.0 Å². The number of ether oxygens (including phenoxy) is 1. The molecule has 0 spiro atoms. The summed E-state index contributed by atoms with van der Waals surface area (Å²) in [6.45, 7) is 0.638. The second kappa shape index (κ2) is 6.52. The Labute approximate surface area is 143 Å². The van der Waals surface area contributed by atoms with Gasteiger partial charge in [0.1, 0.15) is 5.75 Å². The van der Waals surface area contributed by atoms with Gasteiger partial charge in [0.2, 0.25) is 0 Å². The van der Waals surface area contributed by atoms with Crippen LogP contribution < -0.4 is 10.1 Å². The van der Waals surface area contributed by atoms with E-state index in [9.17, 15) is 9.59 Å². The quantitative estimate of drug-likeness (QED) is 0.884. The van der Waals surface area contributed by atoms with Gasteiger partial charge in [0.25, 0.3) is 5.91 Å². The average Bonchev–Trinajstić information content (AvgIpc) is 3.00. The van der Waals surface area contributed by atoms with Crippen LogP contribution in [0.15, 0.2) is 24.3 Å². The molecule has 0 bridgehead atoms. The van der Waals surface area contributed by atoms with Crippen molar-refractivity contribution in [1.82, 2.24) is 15.1 Å². The van der Waals surface area contributed by atoms with Crippen LogP contribution in [0.4, 0.5) is 0 Å². The summed E-state index contributed by atoms with van der Waals surface area (Å²) in [6.07, 6.45) is 1.52. The number of rotatable bonds is 4. The number of carboxylic acid groups (broad SMARTS) is 1. The summed E-state index contributed by atoms with van der Waals surface area (Å²) in [7, 11) is 1.47. The molecule has 1 amide bonds. The Kier molecular flexibility index (Phi) is 4.44. The molecule has 0 radical (unpaired) electrons. The maximum Gasteiger partial charge on any atom is 0.356 e. The number of aromatic carboxylic acids is 1. The Morgan fingerprint density at radius 3 is 2.92 bits per heavy atom. The van der Waals surface area contributed by atoms with E-state index in [1.807, 2.05) is 0 Å². The number of carbonyl (C=O) groups is 2. The van der Waals surface area contributed by atoms with Crippen LogP contribution in [-0.2, 0) is 6.54 Å². The number of benzene rings is 1. The van der Waals surface area contributed by atoms with E-state index in [-0.39, 0.29) is 17.6 Å².